The molecule has 2 atom stereocenters. The number of hydrogen-bond acceptors (Lipinski definition) is 3. The molecule has 3 saturated heterocycles. The van der Waals surface area contributed by atoms with Gasteiger partial charge in [0.05, 0.1) is 11.6 Å². The van der Waals surface area contributed by atoms with E-state index in [1.54, 1.807) is 12.1 Å². The molecule has 25 heavy (non-hydrogen) atoms. The SMILES string of the molecule is C[C@@H]1[C@H](NC(=O)c2ccc(-c3ccccc3C#N)[nH]2)C2CCN1CC2. The van der Waals surface area contributed by atoms with Crippen molar-refractivity contribution in [1.29, 1.82) is 5.26 Å². The number of H-pyrrole nitrogens is 1. The predicted octanol–water partition coefficient (Wildman–Crippen LogP) is 2.77. The van der Waals surface area contributed by atoms with E-state index in [-0.39, 0.29) is 11.9 Å². The summed E-state index contributed by atoms with van der Waals surface area (Å²) in [6.45, 7) is 4.51. The molecule has 128 valence electrons. The highest BCUT2D eigenvalue weighted by molar-refractivity contribution is 5.93. The second kappa shape index (κ2) is 6.38. The summed E-state index contributed by atoms with van der Waals surface area (Å²) < 4.78 is 0. The summed E-state index contributed by atoms with van der Waals surface area (Å²) in [4.78, 5) is 18.4. The van der Waals surface area contributed by atoms with Gasteiger partial charge in [0.2, 0.25) is 0 Å². The highest BCUT2D eigenvalue weighted by Crippen LogP contribution is 2.32. The third-order valence-corrected chi connectivity index (χ3v) is 5.74. The van der Waals surface area contributed by atoms with Gasteiger partial charge in [-0.2, -0.15) is 5.26 Å². The Labute approximate surface area is 147 Å². The van der Waals surface area contributed by atoms with Gasteiger partial charge in [-0.3, -0.25) is 9.69 Å². The molecule has 0 aliphatic carbocycles. The van der Waals surface area contributed by atoms with Crippen LogP contribution in [0.4, 0.5) is 0 Å². The number of carbonyl (C=O) groups is 1. The monoisotopic (exact) mass is 334 g/mol. The van der Waals surface area contributed by atoms with Crippen LogP contribution in [0.1, 0.15) is 35.8 Å². The number of benzene rings is 1. The zero-order valence-corrected chi connectivity index (χ0v) is 14.3. The first-order chi connectivity index (χ1) is 12.2. The number of carbonyl (C=O) groups excluding carboxylic acids is 1. The summed E-state index contributed by atoms with van der Waals surface area (Å²) in [5.74, 6) is 0.518. The molecule has 0 saturated carbocycles. The first kappa shape index (κ1) is 15.9. The van der Waals surface area contributed by atoms with Gasteiger partial charge in [-0.25, -0.2) is 0 Å². The molecular weight excluding hydrogens is 312 g/mol. The second-order valence-corrected chi connectivity index (χ2v) is 7.06. The maximum atomic E-state index is 12.7. The summed E-state index contributed by atoms with van der Waals surface area (Å²) in [5, 5.41) is 12.5. The Morgan fingerprint density at radius 3 is 2.72 bits per heavy atom. The van der Waals surface area contributed by atoms with Crippen LogP contribution in [0.5, 0.6) is 0 Å². The van der Waals surface area contributed by atoms with Crippen molar-refractivity contribution in [3.05, 3.63) is 47.7 Å². The molecule has 3 fully saturated rings. The summed E-state index contributed by atoms with van der Waals surface area (Å²) in [6.07, 6.45) is 2.33. The maximum Gasteiger partial charge on any atom is 0.267 e. The van der Waals surface area contributed by atoms with Crippen LogP contribution in [-0.2, 0) is 0 Å². The van der Waals surface area contributed by atoms with Gasteiger partial charge in [0.1, 0.15) is 5.69 Å². The molecule has 1 aromatic heterocycles. The van der Waals surface area contributed by atoms with Crippen molar-refractivity contribution in [3.63, 3.8) is 0 Å². The lowest BCUT2D eigenvalue weighted by atomic mass is 9.79. The average Bonchev–Trinajstić information content (AvgIpc) is 3.15. The molecule has 2 N–H and O–H groups in total. The van der Waals surface area contributed by atoms with Crippen molar-refractivity contribution < 1.29 is 4.79 Å². The van der Waals surface area contributed by atoms with Crippen molar-refractivity contribution in [2.45, 2.75) is 31.8 Å². The summed E-state index contributed by atoms with van der Waals surface area (Å²) in [6, 6.07) is 13.9. The molecule has 0 radical (unpaired) electrons. The van der Waals surface area contributed by atoms with Crippen molar-refractivity contribution in [3.8, 4) is 17.3 Å². The Morgan fingerprint density at radius 2 is 2.00 bits per heavy atom. The van der Waals surface area contributed by atoms with E-state index in [4.69, 9.17) is 0 Å². The fourth-order valence-electron chi connectivity index (χ4n) is 4.27. The number of aromatic nitrogens is 1. The first-order valence-corrected chi connectivity index (χ1v) is 8.91. The number of fused-ring (bicyclic) bond motifs is 3. The van der Waals surface area contributed by atoms with Gasteiger partial charge in [-0.05, 0) is 57.0 Å². The van der Waals surface area contributed by atoms with Gasteiger partial charge >= 0.3 is 0 Å². The second-order valence-electron chi connectivity index (χ2n) is 7.06. The summed E-state index contributed by atoms with van der Waals surface area (Å²) in [5.41, 5.74) is 2.76. The van der Waals surface area contributed by atoms with E-state index in [1.165, 1.54) is 12.8 Å². The van der Waals surface area contributed by atoms with Gasteiger partial charge < -0.3 is 10.3 Å². The number of nitrogens with one attached hydrogen (secondary N) is 2. The third-order valence-electron chi connectivity index (χ3n) is 5.74. The lowest BCUT2D eigenvalue weighted by Gasteiger charge is -2.49. The molecule has 3 aliphatic heterocycles. The van der Waals surface area contributed by atoms with Gasteiger partial charge in [0.15, 0.2) is 0 Å². The molecule has 3 aliphatic rings. The van der Waals surface area contributed by atoms with E-state index in [9.17, 15) is 10.1 Å². The standard InChI is InChI=1S/C20H22N4O/c1-13-19(14-8-10-24(13)11-9-14)23-20(25)18-7-6-17(22-18)16-5-3-2-4-15(16)12-21/h2-7,13-14,19,22H,8-11H2,1H3,(H,23,25)/t13-,19+/m1/s1. The van der Waals surface area contributed by atoms with E-state index < -0.39 is 0 Å². The molecule has 1 amide bonds. The fourth-order valence-corrected chi connectivity index (χ4v) is 4.27. The molecule has 5 heteroatoms. The summed E-state index contributed by atoms with van der Waals surface area (Å²) in [7, 11) is 0. The molecule has 1 aromatic carbocycles. The quantitative estimate of drug-likeness (QED) is 0.906. The number of nitrogens with zero attached hydrogens (tertiary/aromatic N) is 2. The molecule has 5 rings (SSSR count). The Bertz CT molecular complexity index is 824. The topological polar surface area (TPSA) is 71.9 Å². The van der Waals surface area contributed by atoms with Gasteiger partial charge in [0, 0.05) is 23.3 Å². The van der Waals surface area contributed by atoms with Crippen LogP contribution in [0.15, 0.2) is 36.4 Å². The van der Waals surface area contributed by atoms with Gasteiger partial charge in [-0.1, -0.05) is 18.2 Å². The van der Waals surface area contributed by atoms with E-state index in [0.29, 0.717) is 23.2 Å². The van der Waals surface area contributed by atoms with Crippen LogP contribution in [0.3, 0.4) is 0 Å². The average molecular weight is 334 g/mol. The van der Waals surface area contributed by atoms with Crippen molar-refractivity contribution in [2.24, 2.45) is 5.92 Å². The molecular formula is C20H22N4O. The zero-order chi connectivity index (χ0) is 17.4. The molecule has 0 spiro atoms. The summed E-state index contributed by atoms with van der Waals surface area (Å²) >= 11 is 0. The molecule has 4 heterocycles. The van der Waals surface area contributed by atoms with Crippen molar-refractivity contribution in [1.82, 2.24) is 15.2 Å². The molecule has 2 bridgehead atoms. The van der Waals surface area contributed by atoms with Crippen LogP contribution in [-0.4, -0.2) is 41.0 Å². The largest absolute Gasteiger partial charge is 0.351 e. The van der Waals surface area contributed by atoms with E-state index in [2.05, 4.69) is 28.2 Å². The number of hydrogen-bond donors (Lipinski definition) is 2. The van der Waals surface area contributed by atoms with E-state index in [0.717, 1.165) is 24.3 Å². The van der Waals surface area contributed by atoms with Crippen molar-refractivity contribution >= 4 is 5.91 Å². The molecule has 2 aromatic rings. The van der Waals surface area contributed by atoms with E-state index in [1.807, 2.05) is 24.3 Å². The highest BCUT2D eigenvalue weighted by atomic mass is 16.2. The van der Waals surface area contributed by atoms with Crippen LogP contribution >= 0.6 is 0 Å². The number of aromatic amines is 1. The fraction of sp³-hybridized carbons (Fsp3) is 0.400. The Hall–Kier alpha value is -2.58. The van der Waals surface area contributed by atoms with Crippen LogP contribution in [0.2, 0.25) is 0 Å². The number of nitriles is 1. The number of piperidine rings is 3. The third kappa shape index (κ3) is 2.83. The normalized spacial score (nSPS) is 27.7. The van der Waals surface area contributed by atoms with Crippen molar-refractivity contribution in [2.75, 3.05) is 13.1 Å². The highest BCUT2D eigenvalue weighted by Gasteiger charge is 2.40. The van der Waals surface area contributed by atoms with Gasteiger partial charge in [0.25, 0.3) is 5.91 Å². The van der Waals surface area contributed by atoms with Crippen LogP contribution in [0.25, 0.3) is 11.3 Å². The predicted molar refractivity (Wildman–Crippen MR) is 96.0 cm³/mol. The molecule has 5 nitrogen and oxygen atoms in total. The van der Waals surface area contributed by atoms with Crippen LogP contribution in [0, 0.1) is 17.2 Å². The number of rotatable bonds is 3. The lowest BCUT2D eigenvalue weighted by molar-refractivity contribution is 0.0216. The number of amides is 1. The Kier molecular flexibility index (Phi) is 4.06. The minimum absolute atomic E-state index is 0.0636. The van der Waals surface area contributed by atoms with Crippen LogP contribution < -0.4 is 5.32 Å². The Balaban J connectivity index is 1.52. The van der Waals surface area contributed by atoms with Gasteiger partial charge in [-0.15, -0.1) is 0 Å². The minimum atomic E-state index is -0.0636. The Morgan fingerprint density at radius 1 is 1.24 bits per heavy atom. The minimum Gasteiger partial charge on any atom is -0.351 e. The zero-order valence-electron chi connectivity index (χ0n) is 14.3. The molecule has 0 unspecified atom stereocenters. The lowest BCUT2D eigenvalue weighted by Crippen LogP contribution is -2.62. The van der Waals surface area contributed by atoms with E-state index >= 15 is 0 Å². The maximum absolute atomic E-state index is 12.7. The first-order valence-electron chi connectivity index (χ1n) is 8.91. The smallest absolute Gasteiger partial charge is 0.267 e.